The Morgan fingerprint density at radius 3 is 2.46 bits per heavy atom. The van der Waals surface area contributed by atoms with E-state index in [-0.39, 0.29) is 5.43 Å². The van der Waals surface area contributed by atoms with E-state index < -0.39 is 0 Å². The van der Waals surface area contributed by atoms with E-state index in [1.54, 1.807) is 17.5 Å². The van der Waals surface area contributed by atoms with Crippen LogP contribution >= 0.6 is 34.5 Å². The Labute approximate surface area is 88.5 Å². The van der Waals surface area contributed by atoms with Crippen molar-refractivity contribution in [3.63, 3.8) is 0 Å². The van der Waals surface area contributed by atoms with Crippen LogP contribution in [0.3, 0.4) is 0 Å². The Kier molecular flexibility index (Phi) is 2.28. The summed E-state index contributed by atoms with van der Waals surface area (Å²) in [5.74, 6) is 0. The van der Waals surface area contributed by atoms with Gasteiger partial charge in [0, 0.05) is 0 Å². The second-order valence-corrected chi connectivity index (χ2v) is 4.25. The zero-order valence-electron chi connectivity index (χ0n) is 6.38. The Morgan fingerprint density at radius 1 is 1.08 bits per heavy atom. The van der Waals surface area contributed by atoms with Crippen LogP contribution in [0.25, 0.3) is 10.1 Å². The molecular formula is C9H4Cl2OS. The molecule has 2 aromatic rings. The van der Waals surface area contributed by atoms with Crippen LogP contribution in [0.2, 0.25) is 10.0 Å². The molecular weight excluding hydrogens is 227 g/mol. The first-order valence-corrected chi connectivity index (χ1v) is 5.19. The summed E-state index contributed by atoms with van der Waals surface area (Å²) in [4.78, 5) is 11.4. The first kappa shape index (κ1) is 9.00. The van der Waals surface area contributed by atoms with E-state index >= 15 is 0 Å². The predicted molar refractivity (Wildman–Crippen MR) is 58.1 cm³/mol. The number of halogens is 2. The maximum Gasteiger partial charge on any atom is 0.189 e. The highest BCUT2D eigenvalue weighted by molar-refractivity contribution is 7.17. The van der Waals surface area contributed by atoms with Crippen LogP contribution in [0.4, 0.5) is 0 Å². The van der Waals surface area contributed by atoms with Gasteiger partial charge in [-0.2, -0.15) is 0 Å². The number of rotatable bonds is 0. The topological polar surface area (TPSA) is 17.1 Å². The van der Waals surface area contributed by atoms with E-state index in [2.05, 4.69) is 0 Å². The van der Waals surface area contributed by atoms with Gasteiger partial charge in [0.05, 0.1) is 20.1 Å². The van der Waals surface area contributed by atoms with Crippen LogP contribution in [0, 0.1) is 0 Å². The van der Waals surface area contributed by atoms with E-state index in [1.807, 2.05) is 0 Å². The molecule has 0 fully saturated rings. The lowest BCUT2D eigenvalue weighted by molar-refractivity contribution is 1.72. The minimum absolute atomic E-state index is 0.0822. The van der Waals surface area contributed by atoms with E-state index in [1.165, 1.54) is 17.4 Å². The molecule has 0 unspecified atom stereocenters. The summed E-state index contributed by atoms with van der Waals surface area (Å²) in [6, 6.07) is 4.83. The molecule has 0 radical (unpaired) electrons. The van der Waals surface area contributed by atoms with Crippen molar-refractivity contribution in [2.45, 2.75) is 0 Å². The van der Waals surface area contributed by atoms with Gasteiger partial charge in [-0.1, -0.05) is 23.2 Å². The molecule has 0 amide bonds. The van der Waals surface area contributed by atoms with E-state index in [0.717, 1.165) is 4.70 Å². The van der Waals surface area contributed by atoms with Gasteiger partial charge >= 0.3 is 0 Å². The lowest BCUT2D eigenvalue weighted by Crippen LogP contribution is -1.97. The third-order valence-corrected chi connectivity index (χ3v) is 3.38. The third-order valence-electron chi connectivity index (χ3n) is 1.71. The molecule has 0 bridgehead atoms. The largest absolute Gasteiger partial charge is 0.289 e. The van der Waals surface area contributed by atoms with Crippen molar-refractivity contribution in [2.24, 2.45) is 0 Å². The normalized spacial score (nSPS) is 10.6. The highest BCUT2D eigenvalue weighted by atomic mass is 35.5. The third kappa shape index (κ3) is 1.46. The van der Waals surface area contributed by atoms with Crippen LogP contribution in [-0.2, 0) is 0 Å². The average molecular weight is 231 g/mol. The second kappa shape index (κ2) is 3.29. The summed E-state index contributed by atoms with van der Waals surface area (Å²) in [7, 11) is 0. The standard InChI is InChI=1S/C9H4Cl2OS/c10-5-1-2-6(11)9-8(5)7(12)3-4-13-9/h1-4H. The molecule has 1 heterocycles. The van der Waals surface area contributed by atoms with Crippen molar-refractivity contribution in [3.05, 3.63) is 43.8 Å². The minimum Gasteiger partial charge on any atom is -0.289 e. The zero-order chi connectivity index (χ0) is 9.42. The molecule has 0 saturated heterocycles. The number of hydrogen-bond donors (Lipinski definition) is 0. The summed E-state index contributed by atoms with van der Waals surface area (Å²) < 4.78 is 0.752. The number of benzene rings is 1. The molecule has 66 valence electrons. The first-order valence-electron chi connectivity index (χ1n) is 3.55. The lowest BCUT2D eigenvalue weighted by Gasteiger charge is -1.99. The lowest BCUT2D eigenvalue weighted by atomic mass is 10.2. The quantitative estimate of drug-likeness (QED) is 0.677. The fraction of sp³-hybridized carbons (Fsp3) is 0. The Balaban J connectivity index is 3.09. The molecule has 1 aromatic carbocycles. The summed E-state index contributed by atoms with van der Waals surface area (Å²) >= 11 is 13.2. The van der Waals surface area contributed by atoms with Crippen molar-refractivity contribution < 1.29 is 0 Å². The van der Waals surface area contributed by atoms with Gasteiger partial charge < -0.3 is 0 Å². The summed E-state index contributed by atoms with van der Waals surface area (Å²) in [5, 5.41) is 3.26. The van der Waals surface area contributed by atoms with Crippen molar-refractivity contribution >= 4 is 44.6 Å². The minimum atomic E-state index is -0.0822. The van der Waals surface area contributed by atoms with Gasteiger partial charge in [0.15, 0.2) is 5.43 Å². The van der Waals surface area contributed by atoms with Gasteiger partial charge in [-0.25, -0.2) is 0 Å². The number of fused-ring (bicyclic) bond motifs is 1. The molecule has 0 aliphatic carbocycles. The Bertz CT molecular complexity index is 518. The van der Waals surface area contributed by atoms with Gasteiger partial charge in [-0.3, -0.25) is 4.79 Å². The van der Waals surface area contributed by atoms with Crippen LogP contribution in [0.5, 0.6) is 0 Å². The van der Waals surface area contributed by atoms with Gasteiger partial charge in [0.25, 0.3) is 0 Å². The fourth-order valence-corrected chi connectivity index (χ4v) is 2.56. The Morgan fingerprint density at radius 2 is 1.77 bits per heavy atom. The maximum absolute atomic E-state index is 11.4. The predicted octanol–water partition coefficient (Wildman–Crippen LogP) is 3.57. The molecule has 0 saturated carbocycles. The molecule has 0 spiro atoms. The highest BCUT2D eigenvalue weighted by Crippen LogP contribution is 2.29. The maximum atomic E-state index is 11.4. The highest BCUT2D eigenvalue weighted by Gasteiger charge is 2.05. The molecule has 4 heteroatoms. The monoisotopic (exact) mass is 230 g/mol. The van der Waals surface area contributed by atoms with E-state index in [4.69, 9.17) is 23.2 Å². The smallest absolute Gasteiger partial charge is 0.189 e. The summed E-state index contributed by atoms with van der Waals surface area (Å²) in [6.45, 7) is 0. The van der Waals surface area contributed by atoms with Crippen molar-refractivity contribution in [1.29, 1.82) is 0 Å². The first-order chi connectivity index (χ1) is 6.20. The Hall–Kier alpha value is -0.570. The molecule has 0 aliphatic heterocycles. The molecule has 13 heavy (non-hydrogen) atoms. The molecule has 2 rings (SSSR count). The van der Waals surface area contributed by atoms with Crippen LogP contribution < -0.4 is 5.43 Å². The van der Waals surface area contributed by atoms with Crippen molar-refractivity contribution in [3.8, 4) is 0 Å². The zero-order valence-corrected chi connectivity index (χ0v) is 8.71. The number of hydrogen-bond acceptors (Lipinski definition) is 2. The van der Waals surface area contributed by atoms with Gasteiger partial charge in [0.2, 0.25) is 0 Å². The molecule has 1 aromatic heterocycles. The van der Waals surface area contributed by atoms with Crippen LogP contribution in [0.15, 0.2) is 28.4 Å². The molecule has 1 nitrogen and oxygen atoms in total. The average Bonchev–Trinajstić information content (AvgIpc) is 2.12. The molecule has 0 aliphatic rings. The van der Waals surface area contributed by atoms with E-state index in [9.17, 15) is 4.79 Å². The summed E-state index contributed by atoms with van der Waals surface area (Å²) in [6.07, 6.45) is 0. The second-order valence-electron chi connectivity index (χ2n) is 2.52. The SMILES string of the molecule is O=c1ccsc2c(Cl)ccc(Cl)c12. The van der Waals surface area contributed by atoms with Gasteiger partial charge in [0.1, 0.15) is 0 Å². The van der Waals surface area contributed by atoms with Gasteiger partial charge in [-0.05, 0) is 23.6 Å². The molecule has 0 atom stereocenters. The van der Waals surface area contributed by atoms with Crippen LogP contribution in [-0.4, -0.2) is 0 Å². The van der Waals surface area contributed by atoms with Crippen LogP contribution in [0.1, 0.15) is 0 Å². The summed E-state index contributed by atoms with van der Waals surface area (Å²) in [5.41, 5.74) is -0.0822. The van der Waals surface area contributed by atoms with Crippen molar-refractivity contribution in [2.75, 3.05) is 0 Å². The fourth-order valence-electron chi connectivity index (χ4n) is 1.13. The van der Waals surface area contributed by atoms with Gasteiger partial charge in [-0.15, -0.1) is 11.3 Å². The van der Waals surface area contributed by atoms with E-state index in [0.29, 0.717) is 15.4 Å². The molecule has 0 N–H and O–H groups in total. The van der Waals surface area contributed by atoms with Crippen molar-refractivity contribution in [1.82, 2.24) is 0 Å².